The molecule has 1 aliphatic carbocycles. The monoisotopic (exact) mass is 195 g/mol. The van der Waals surface area contributed by atoms with Crippen molar-refractivity contribution in [1.82, 2.24) is 15.6 Å². The zero-order valence-electron chi connectivity index (χ0n) is 7.82. The van der Waals surface area contributed by atoms with Crippen LogP contribution in [-0.4, -0.2) is 23.5 Å². The van der Waals surface area contributed by atoms with E-state index in [0.29, 0.717) is 19.1 Å². The van der Waals surface area contributed by atoms with Crippen LogP contribution < -0.4 is 10.6 Å². The van der Waals surface area contributed by atoms with Crippen LogP contribution in [0.4, 0.5) is 0 Å². The van der Waals surface area contributed by atoms with Crippen molar-refractivity contribution in [1.29, 1.82) is 0 Å². The van der Waals surface area contributed by atoms with E-state index in [1.165, 1.54) is 6.39 Å². The minimum absolute atomic E-state index is 0.0482. The highest BCUT2D eigenvalue weighted by molar-refractivity contribution is 5.78. The molecule has 0 radical (unpaired) electrons. The molecule has 1 saturated carbocycles. The number of carbonyl (C=O) groups excluding carboxylic acids is 1. The second-order valence-electron chi connectivity index (χ2n) is 3.41. The molecule has 0 aliphatic heterocycles. The number of nitrogens with one attached hydrogen (secondary N) is 2. The Bertz CT molecular complexity index is 293. The van der Waals surface area contributed by atoms with Gasteiger partial charge < -0.3 is 15.1 Å². The molecule has 1 fully saturated rings. The summed E-state index contributed by atoms with van der Waals surface area (Å²) in [5, 5.41) is 5.86. The van der Waals surface area contributed by atoms with E-state index in [-0.39, 0.29) is 5.91 Å². The van der Waals surface area contributed by atoms with Crippen molar-refractivity contribution in [3.05, 3.63) is 18.4 Å². The van der Waals surface area contributed by atoms with Gasteiger partial charge in [-0.3, -0.25) is 4.79 Å². The lowest BCUT2D eigenvalue weighted by molar-refractivity contribution is -0.120. The van der Waals surface area contributed by atoms with Crippen LogP contribution >= 0.6 is 0 Å². The van der Waals surface area contributed by atoms with Crippen LogP contribution in [0.15, 0.2) is 17.0 Å². The largest absolute Gasteiger partial charge is 0.447 e. The van der Waals surface area contributed by atoms with Gasteiger partial charge in [0.05, 0.1) is 19.3 Å². The second kappa shape index (κ2) is 4.23. The van der Waals surface area contributed by atoms with Crippen molar-refractivity contribution in [3.8, 4) is 0 Å². The number of carbonyl (C=O) groups is 1. The molecule has 14 heavy (non-hydrogen) atoms. The molecule has 0 saturated heterocycles. The number of oxazole rings is 1. The van der Waals surface area contributed by atoms with E-state index in [1.807, 2.05) is 0 Å². The van der Waals surface area contributed by atoms with Crippen LogP contribution in [0.2, 0.25) is 0 Å². The summed E-state index contributed by atoms with van der Waals surface area (Å²) in [5.41, 5.74) is 0. The molecule has 5 nitrogen and oxygen atoms in total. The minimum atomic E-state index is 0.0482. The molecule has 1 aromatic rings. The molecule has 0 bridgehead atoms. The zero-order valence-corrected chi connectivity index (χ0v) is 7.82. The predicted molar refractivity (Wildman–Crippen MR) is 49.4 cm³/mol. The highest BCUT2D eigenvalue weighted by Gasteiger charge is 2.22. The van der Waals surface area contributed by atoms with Crippen molar-refractivity contribution in [3.63, 3.8) is 0 Å². The number of nitrogens with zero attached hydrogens (tertiary/aromatic N) is 1. The molecule has 1 aliphatic rings. The highest BCUT2D eigenvalue weighted by Crippen LogP contribution is 2.18. The fourth-order valence-corrected chi connectivity index (χ4v) is 1.14. The minimum Gasteiger partial charge on any atom is -0.447 e. The lowest BCUT2D eigenvalue weighted by atomic mass is 10.4. The number of hydrogen-bond acceptors (Lipinski definition) is 4. The molecule has 2 N–H and O–H groups in total. The molecule has 0 unspecified atom stereocenters. The van der Waals surface area contributed by atoms with Gasteiger partial charge in [0.15, 0.2) is 6.39 Å². The van der Waals surface area contributed by atoms with Crippen LogP contribution in [0.1, 0.15) is 18.6 Å². The highest BCUT2D eigenvalue weighted by atomic mass is 16.3. The van der Waals surface area contributed by atoms with E-state index in [1.54, 1.807) is 6.20 Å². The first-order chi connectivity index (χ1) is 6.84. The first-order valence-electron chi connectivity index (χ1n) is 4.72. The fourth-order valence-electron chi connectivity index (χ4n) is 1.14. The summed E-state index contributed by atoms with van der Waals surface area (Å²) in [6.07, 6.45) is 5.24. The van der Waals surface area contributed by atoms with Gasteiger partial charge in [-0.25, -0.2) is 4.98 Å². The number of aromatic nitrogens is 1. The van der Waals surface area contributed by atoms with Gasteiger partial charge in [-0.1, -0.05) is 0 Å². The SMILES string of the molecule is O=C(CNCc1cnco1)NC1CC1. The molecule has 0 aromatic carbocycles. The zero-order chi connectivity index (χ0) is 9.80. The molecule has 5 heteroatoms. The number of hydrogen-bond donors (Lipinski definition) is 2. The summed E-state index contributed by atoms with van der Waals surface area (Å²) in [4.78, 5) is 15.0. The predicted octanol–water partition coefficient (Wildman–Crippen LogP) is 0.0428. The third-order valence-corrected chi connectivity index (χ3v) is 2.01. The smallest absolute Gasteiger partial charge is 0.234 e. The lowest BCUT2D eigenvalue weighted by Crippen LogP contribution is -2.34. The maximum atomic E-state index is 11.2. The van der Waals surface area contributed by atoms with Crippen molar-refractivity contribution in [2.75, 3.05) is 6.54 Å². The molecule has 76 valence electrons. The Morgan fingerprint density at radius 1 is 1.64 bits per heavy atom. The standard InChI is InChI=1S/C9H13N3O2/c13-9(12-7-1-2-7)5-10-3-8-4-11-6-14-8/h4,6-7,10H,1-3,5H2,(H,12,13). The molecule has 0 atom stereocenters. The first kappa shape index (κ1) is 9.21. The van der Waals surface area contributed by atoms with Crippen LogP contribution in [0.3, 0.4) is 0 Å². The first-order valence-corrected chi connectivity index (χ1v) is 4.72. The van der Waals surface area contributed by atoms with Gasteiger partial charge in [0, 0.05) is 6.04 Å². The molecule has 2 rings (SSSR count). The van der Waals surface area contributed by atoms with Gasteiger partial charge in [0.2, 0.25) is 5.91 Å². The van der Waals surface area contributed by atoms with Gasteiger partial charge in [-0.2, -0.15) is 0 Å². The van der Waals surface area contributed by atoms with Gasteiger partial charge in [0.25, 0.3) is 0 Å². The van der Waals surface area contributed by atoms with E-state index < -0.39 is 0 Å². The third kappa shape index (κ3) is 2.85. The molecule has 0 spiro atoms. The fraction of sp³-hybridized carbons (Fsp3) is 0.556. The third-order valence-electron chi connectivity index (χ3n) is 2.01. The Hall–Kier alpha value is -1.36. The molecular weight excluding hydrogens is 182 g/mol. The van der Waals surface area contributed by atoms with Crippen molar-refractivity contribution in [2.45, 2.75) is 25.4 Å². The van der Waals surface area contributed by atoms with Crippen molar-refractivity contribution in [2.24, 2.45) is 0 Å². The van der Waals surface area contributed by atoms with E-state index in [2.05, 4.69) is 15.6 Å². The van der Waals surface area contributed by atoms with Crippen molar-refractivity contribution < 1.29 is 9.21 Å². The Labute approximate surface area is 81.9 Å². The summed E-state index contributed by atoms with van der Waals surface area (Å²) in [7, 11) is 0. The van der Waals surface area contributed by atoms with Gasteiger partial charge in [-0.05, 0) is 12.8 Å². The normalized spacial score (nSPS) is 15.4. The Balaban J connectivity index is 1.60. The quantitative estimate of drug-likeness (QED) is 0.696. The molecular formula is C9H13N3O2. The summed E-state index contributed by atoms with van der Waals surface area (Å²) in [5.74, 6) is 0.788. The Kier molecular flexibility index (Phi) is 2.78. The molecule has 1 amide bonds. The second-order valence-corrected chi connectivity index (χ2v) is 3.41. The maximum Gasteiger partial charge on any atom is 0.234 e. The average molecular weight is 195 g/mol. The Morgan fingerprint density at radius 2 is 2.50 bits per heavy atom. The number of rotatable bonds is 5. The molecule has 1 heterocycles. The maximum absolute atomic E-state index is 11.2. The number of amides is 1. The van der Waals surface area contributed by atoms with E-state index in [4.69, 9.17) is 4.42 Å². The van der Waals surface area contributed by atoms with Crippen molar-refractivity contribution >= 4 is 5.91 Å². The van der Waals surface area contributed by atoms with E-state index in [9.17, 15) is 4.79 Å². The Morgan fingerprint density at radius 3 is 3.14 bits per heavy atom. The van der Waals surface area contributed by atoms with Gasteiger partial charge in [0.1, 0.15) is 5.76 Å². The molecule has 1 aromatic heterocycles. The summed E-state index contributed by atoms with van der Waals surface area (Å²) >= 11 is 0. The summed E-state index contributed by atoms with van der Waals surface area (Å²) in [6.45, 7) is 0.870. The average Bonchev–Trinajstić information content (AvgIpc) is 2.82. The van der Waals surface area contributed by atoms with Crippen LogP contribution in [-0.2, 0) is 11.3 Å². The van der Waals surface area contributed by atoms with Gasteiger partial charge >= 0.3 is 0 Å². The van der Waals surface area contributed by atoms with Crippen LogP contribution in [0.5, 0.6) is 0 Å². The topological polar surface area (TPSA) is 67.2 Å². The van der Waals surface area contributed by atoms with Gasteiger partial charge in [-0.15, -0.1) is 0 Å². The van der Waals surface area contributed by atoms with Crippen LogP contribution in [0, 0.1) is 0 Å². The lowest BCUT2D eigenvalue weighted by Gasteiger charge is -2.03. The van der Waals surface area contributed by atoms with E-state index in [0.717, 1.165) is 18.6 Å². The van der Waals surface area contributed by atoms with E-state index >= 15 is 0 Å². The summed E-state index contributed by atoms with van der Waals surface area (Å²) < 4.78 is 5.00. The summed E-state index contributed by atoms with van der Waals surface area (Å²) in [6, 6.07) is 0.426. The van der Waals surface area contributed by atoms with Crippen LogP contribution in [0.25, 0.3) is 0 Å².